The molecule has 0 amide bonds. The molecule has 3 nitrogen and oxygen atoms in total. The molecule has 0 aromatic heterocycles. The highest BCUT2D eigenvalue weighted by Gasteiger charge is 2.24. The number of esters is 1. The Morgan fingerprint density at radius 1 is 1.79 bits per heavy atom. The van der Waals surface area contributed by atoms with E-state index in [9.17, 15) is 4.79 Å². The summed E-state index contributed by atoms with van der Waals surface area (Å²) >= 11 is 0. The highest BCUT2D eigenvalue weighted by atomic mass is 16.6. The molecule has 0 fully saturated rings. The van der Waals surface area contributed by atoms with Crippen LogP contribution in [0.1, 0.15) is 12.5 Å². The van der Waals surface area contributed by atoms with Crippen LogP contribution in [0.2, 0.25) is 0 Å². The summed E-state index contributed by atoms with van der Waals surface area (Å²) in [4.78, 5) is 11.0. The Hall–Kier alpha value is -1.61. The first-order valence-corrected chi connectivity index (χ1v) is 4.17. The monoisotopic (exact) mass is 190 g/mol. The predicted molar refractivity (Wildman–Crippen MR) is 53.1 cm³/mol. The van der Waals surface area contributed by atoms with Gasteiger partial charge in [0.1, 0.15) is 0 Å². The van der Waals surface area contributed by atoms with Gasteiger partial charge in [0.2, 0.25) is 0 Å². The molecule has 0 aliphatic heterocycles. The van der Waals surface area contributed by atoms with Crippen molar-refractivity contribution in [2.75, 3.05) is 0 Å². The summed E-state index contributed by atoms with van der Waals surface area (Å²) < 4.78 is 4.97. The maximum atomic E-state index is 11.0. The lowest BCUT2D eigenvalue weighted by Gasteiger charge is -2.24. The Balaban J connectivity index is 2.85. The lowest BCUT2D eigenvalue weighted by atomic mass is 10.1. The number of hydrogen-bond donors (Lipinski definition) is 1. The molecule has 0 bridgehead atoms. The van der Waals surface area contributed by atoms with Crippen molar-refractivity contribution in [3.8, 4) is 0 Å². The summed E-state index contributed by atoms with van der Waals surface area (Å²) in [5.74, 6) is -0.543. The summed E-state index contributed by atoms with van der Waals surface area (Å²) in [5.41, 5.74) is 5.36. The van der Waals surface area contributed by atoms with Crippen molar-refractivity contribution >= 4 is 5.97 Å². The van der Waals surface area contributed by atoms with Gasteiger partial charge in [-0.05, 0) is 19.1 Å². The molecule has 0 heterocycles. The number of hydrogen-bond acceptors (Lipinski definition) is 3. The molecule has 1 atom stereocenters. The molecule has 1 rings (SSSR count). The third-order valence-electron chi connectivity index (χ3n) is 1.76. The van der Waals surface area contributed by atoms with Gasteiger partial charge in [0.25, 0.3) is 0 Å². The summed E-state index contributed by atoms with van der Waals surface area (Å²) in [7, 11) is 0. The van der Waals surface area contributed by atoms with E-state index in [1.54, 1.807) is 31.2 Å². The van der Waals surface area contributed by atoms with Crippen LogP contribution >= 0.6 is 0 Å². The fraction of sp³-hybridized carbons (Fsp3) is 0.182. The van der Waals surface area contributed by atoms with Gasteiger partial charge in [-0.1, -0.05) is 24.8 Å². The molecular weight excluding hydrogens is 178 g/mol. The van der Waals surface area contributed by atoms with Gasteiger partial charge < -0.3 is 4.74 Å². The highest BCUT2D eigenvalue weighted by molar-refractivity contribution is 5.81. The second-order valence-electron chi connectivity index (χ2n) is 3.02. The zero-order valence-corrected chi connectivity index (χ0v) is 7.99. The first-order valence-electron chi connectivity index (χ1n) is 4.17. The Bertz CT molecular complexity index is 330. The normalized spacial score (nSPS) is 14.1. The molecule has 73 valence electrons. The molecule has 1 unspecified atom stereocenters. The van der Waals surface area contributed by atoms with E-state index < -0.39 is 11.7 Å². The van der Waals surface area contributed by atoms with Crippen LogP contribution in [0.3, 0.4) is 0 Å². The molecular formula is C11H12NO2. The van der Waals surface area contributed by atoms with Crippen LogP contribution in [-0.4, -0.2) is 5.97 Å². The maximum absolute atomic E-state index is 11.0. The van der Waals surface area contributed by atoms with Crippen molar-refractivity contribution in [3.63, 3.8) is 0 Å². The topological polar surface area (TPSA) is 52.3 Å². The van der Waals surface area contributed by atoms with E-state index in [4.69, 9.17) is 10.5 Å². The van der Waals surface area contributed by atoms with Gasteiger partial charge in [0, 0.05) is 11.6 Å². The van der Waals surface area contributed by atoms with Crippen LogP contribution in [0.25, 0.3) is 0 Å². The second kappa shape index (κ2) is 4.07. The van der Waals surface area contributed by atoms with Gasteiger partial charge in [-0.15, -0.1) is 0 Å². The van der Waals surface area contributed by atoms with Crippen molar-refractivity contribution in [3.05, 3.63) is 48.6 Å². The van der Waals surface area contributed by atoms with Crippen molar-refractivity contribution in [2.45, 2.75) is 12.6 Å². The lowest BCUT2D eigenvalue weighted by Crippen LogP contribution is -2.37. The van der Waals surface area contributed by atoms with Crippen molar-refractivity contribution in [2.24, 2.45) is 5.73 Å². The van der Waals surface area contributed by atoms with Crippen LogP contribution in [-0.2, 0) is 15.3 Å². The minimum atomic E-state index is -1.14. The second-order valence-corrected chi connectivity index (χ2v) is 3.02. The summed E-state index contributed by atoms with van der Waals surface area (Å²) in [5, 5.41) is 0. The van der Waals surface area contributed by atoms with Crippen LogP contribution in [0.5, 0.6) is 0 Å². The Morgan fingerprint density at radius 2 is 2.50 bits per heavy atom. The van der Waals surface area contributed by atoms with E-state index in [1.165, 1.54) is 0 Å². The lowest BCUT2D eigenvalue weighted by molar-refractivity contribution is -0.152. The molecule has 3 heteroatoms. The number of rotatable bonds is 3. The van der Waals surface area contributed by atoms with E-state index in [0.29, 0.717) is 5.56 Å². The Morgan fingerprint density at radius 3 is 3.00 bits per heavy atom. The quantitative estimate of drug-likeness (QED) is 0.444. The first-order chi connectivity index (χ1) is 6.56. The predicted octanol–water partition coefficient (Wildman–Crippen LogP) is 1.35. The average Bonchev–Trinajstić information content (AvgIpc) is 2.18. The van der Waals surface area contributed by atoms with Gasteiger partial charge in [-0.2, -0.15) is 0 Å². The molecule has 0 aliphatic carbocycles. The summed E-state index contributed by atoms with van der Waals surface area (Å²) in [6.45, 7) is 4.91. The molecule has 14 heavy (non-hydrogen) atoms. The number of carbonyl (C=O) groups excluding carboxylic acids is 1. The molecule has 1 radical (unpaired) electrons. The highest BCUT2D eigenvalue weighted by Crippen LogP contribution is 2.18. The summed E-state index contributed by atoms with van der Waals surface area (Å²) in [6, 6.07) is 9.83. The Labute approximate surface area is 83.2 Å². The van der Waals surface area contributed by atoms with E-state index in [1.807, 2.05) is 0 Å². The van der Waals surface area contributed by atoms with Gasteiger partial charge in [0.15, 0.2) is 5.72 Å². The molecule has 0 aliphatic rings. The standard InChI is InChI=1S/C11H12NO2/c1-3-10(13)14-11(2,12)9-7-5-4-6-8-9/h3-5,7-8H,1,12H2,2H3. The molecule has 1 aromatic rings. The SMILES string of the molecule is C=CC(=O)OC(C)(N)c1c[c]ccc1. The molecule has 0 spiro atoms. The molecule has 1 aromatic carbocycles. The van der Waals surface area contributed by atoms with Crippen molar-refractivity contribution < 1.29 is 9.53 Å². The first kappa shape index (κ1) is 10.5. The van der Waals surface area contributed by atoms with Gasteiger partial charge in [0.05, 0.1) is 0 Å². The minimum absolute atomic E-state index is 0.543. The zero-order valence-electron chi connectivity index (χ0n) is 7.99. The third kappa shape index (κ3) is 2.44. The van der Waals surface area contributed by atoms with Gasteiger partial charge >= 0.3 is 5.97 Å². The van der Waals surface area contributed by atoms with E-state index in [-0.39, 0.29) is 0 Å². The van der Waals surface area contributed by atoms with Crippen LogP contribution < -0.4 is 5.73 Å². The Kier molecular flexibility index (Phi) is 3.04. The zero-order chi connectivity index (χ0) is 10.6. The van der Waals surface area contributed by atoms with Gasteiger partial charge in [-0.25, -0.2) is 4.79 Å². The van der Waals surface area contributed by atoms with Crippen LogP contribution in [0.15, 0.2) is 36.9 Å². The largest absolute Gasteiger partial charge is 0.437 e. The number of ether oxygens (including phenoxy) is 1. The average molecular weight is 190 g/mol. The maximum Gasteiger partial charge on any atom is 0.332 e. The van der Waals surface area contributed by atoms with E-state index >= 15 is 0 Å². The van der Waals surface area contributed by atoms with Crippen molar-refractivity contribution in [1.82, 2.24) is 0 Å². The molecule has 2 N–H and O–H groups in total. The molecule has 0 saturated heterocycles. The fourth-order valence-corrected chi connectivity index (χ4v) is 1.01. The third-order valence-corrected chi connectivity index (χ3v) is 1.76. The number of carbonyl (C=O) groups is 1. The van der Waals surface area contributed by atoms with Crippen molar-refractivity contribution in [1.29, 1.82) is 0 Å². The number of benzene rings is 1. The smallest absolute Gasteiger partial charge is 0.332 e. The summed E-state index contributed by atoms with van der Waals surface area (Å²) in [6.07, 6.45) is 1.08. The van der Waals surface area contributed by atoms with Crippen LogP contribution in [0, 0.1) is 6.07 Å². The fourth-order valence-electron chi connectivity index (χ4n) is 1.01. The van der Waals surface area contributed by atoms with E-state index in [2.05, 4.69) is 12.6 Å². The van der Waals surface area contributed by atoms with E-state index in [0.717, 1.165) is 6.08 Å². The van der Waals surface area contributed by atoms with Crippen LogP contribution in [0.4, 0.5) is 0 Å². The molecule has 0 saturated carbocycles. The van der Waals surface area contributed by atoms with Gasteiger partial charge in [-0.3, -0.25) is 5.73 Å². The minimum Gasteiger partial charge on any atom is -0.437 e. The number of nitrogens with two attached hydrogens (primary N) is 1.